The lowest BCUT2D eigenvalue weighted by Crippen LogP contribution is -2.32. The molecule has 0 saturated carbocycles. The van der Waals surface area contributed by atoms with Crippen LogP contribution in [-0.2, 0) is 19.6 Å². The molecule has 0 heterocycles. The third-order valence-electron chi connectivity index (χ3n) is 4.15. The molecular weight excluding hydrogens is 459 g/mol. The SMILES string of the molecule is C=CCN(c1ccc(F)cc1)S(=O)(=O)c1cc(C(=O)NCCC(=O)OC(C)C)ccc1Cl. The number of hydrogen-bond donors (Lipinski definition) is 1. The van der Waals surface area contributed by atoms with Crippen molar-refractivity contribution in [3.63, 3.8) is 0 Å². The summed E-state index contributed by atoms with van der Waals surface area (Å²) in [6, 6.07) is 8.73. The van der Waals surface area contributed by atoms with Crippen molar-refractivity contribution in [1.29, 1.82) is 0 Å². The number of rotatable bonds is 10. The van der Waals surface area contributed by atoms with E-state index in [1.807, 2.05) is 0 Å². The number of esters is 1. The summed E-state index contributed by atoms with van der Waals surface area (Å²) in [4.78, 5) is 23.8. The van der Waals surface area contributed by atoms with Crippen molar-refractivity contribution in [2.24, 2.45) is 0 Å². The fourth-order valence-electron chi connectivity index (χ4n) is 2.73. The number of carbonyl (C=O) groups is 2. The Morgan fingerprint density at radius 1 is 1.22 bits per heavy atom. The minimum Gasteiger partial charge on any atom is -0.463 e. The number of benzene rings is 2. The van der Waals surface area contributed by atoms with Gasteiger partial charge in [0.05, 0.1) is 29.8 Å². The maximum Gasteiger partial charge on any atom is 0.307 e. The van der Waals surface area contributed by atoms with Gasteiger partial charge in [0, 0.05) is 12.1 Å². The van der Waals surface area contributed by atoms with Crippen LogP contribution in [-0.4, -0.2) is 39.5 Å². The van der Waals surface area contributed by atoms with Crippen LogP contribution in [0.3, 0.4) is 0 Å². The zero-order chi connectivity index (χ0) is 23.9. The van der Waals surface area contributed by atoms with Gasteiger partial charge in [0.15, 0.2) is 0 Å². The summed E-state index contributed by atoms with van der Waals surface area (Å²) in [5.74, 6) is -1.55. The van der Waals surface area contributed by atoms with Crippen LogP contribution in [0.15, 0.2) is 60.0 Å². The van der Waals surface area contributed by atoms with Gasteiger partial charge in [-0.2, -0.15) is 0 Å². The van der Waals surface area contributed by atoms with Crippen molar-refractivity contribution >= 4 is 39.2 Å². The molecule has 172 valence electrons. The third-order valence-corrected chi connectivity index (χ3v) is 6.43. The average molecular weight is 483 g/mol. The molecule has 0 aromatic heterocycles. The summed E-state index contributed by atoms with van der Waals surface area (Å²) in [7, 11) is -4.21. The number of carbonyl (C=O) groups excluding carboxylic acids is 2. The highest BCUT2D eigenvalue weighted by atomic mass is 35.5. The highest BCUT2D eigenvalue weighted by Crippen LogP contribution is 2.29. The van der Waals surface area contributed by atoms with Gasteiger partial charge in [-0.1, -0.05) is 17.7 Å². The van der Waals surface area contributed by atoms with Gasteiger partial charge in [-0.15, -0.1) is 6.58 Å². The first kappa shape index (κ1) is 25.4. The standard InChI is InChI=1S/C22H24ClFN2O5S/c1-4-13-26(18-8-6-17(24)7-9-18)32(29,30)20-14-16(5-10-19(20)23)22(28)25-12-11-21(27)31-15(2)3/h4-10,14-15H,1,11-13H2,2-3H3,(H,25,28). The molecule has 2 aromatic carbocycles. The minimum absolute atomic E-state index is 0.0211. The van der Waals surface area contributed by atoms with Crippen LogP contribution < -0.4 is 9.62 Å². The van der Waals surface area contributed by atoms with Crippen LogP contribution in [0.25, 0.3) is 0 Å². The highest BCUT2D eigenvalue weighted by Gasteiger charge is 2.27. The summed E-state index contributed by atoms with van der Waals surface area (Å²) in [5, 5.41) is 2.46. The lowest BCUT2D eigenvalue weighted by molar-refractivity contribution is -0.147. The molecule has 0 aliphatic rings. The normalized spacial score (nSPS) is 11.2. The third kappa shape index (κ3) is 6.54. The smallest absolute Gasteiger partial charge is 0.307 e. The molecule has 0 atom stereocenters. The van der Waals surface area contributed by atoms with Crippen LogP contribution in [0.5, 0.6) is 0 Å². The molecule has 0 unspecified atom stereocenters. The largest absolute Gasteiger partial charge is 0.463 e. The number of hydrogen-bond acceptors (Lipinski definition) is 5. The second-order valence-electron chi connectivity index (χ2n) is 6.99. The summed E-state index contributed by atoms with van der Waals surface area (Å²) in [6.45, 7) is 6.92. The number of nitrogens with zero attached hydrogens (tertiary/aromatic N) is 1. The fraction of sp³-hybridized carbons (Fsp3) is 0.273. The lowest BCUT2D eigenvalue weighted by Gasteiger charge is -2.24. The van der Waals surface area contributed by atoms with E-state index in [0.29, 0.717) is 0 Å². The summed E-state index contributed by atoms with van der Waals surface area (Å²) in [5.41, 5.74) is 0.253. The molecule has 0 radical (unpaired) electrons. The Bertz CT molecular complexity index is 1090. The van der Waals surface area contributed by atoms with E-state index < -0.39 is 27.7 Å². The van der Waals surface area contributed by atoms with Crippen LogP contribution >= 0.6 is 11.6 Å². The predicted molar refractivity (Wildman–Crippen MR) is 121 cm³/mol. The lowest BCUT2D eigenvalue weighted by atomic mass is 10.2. The van der Waals surface area contributed by atoms with E-state index in [1.165, 1.54) is 30.3 Å². The molecule has 10 heteroatoms. The fourth-order valence-corrected chi connectivity index (χ4v) is 4.67. The van der Waals surface area contributed by atoms with Gasteiger partial charge in [0.25, 0.3) is 15.9 Å². The Kier molecular flexibility index (Phi) is 8.80. The molecule has 0 spiro atoms. The number of sulfonamides is 1. The highest BCUT2D eigenvalue weighted by molar-refractivity contribution is 7.93. The molecule has 0 aliphatic carbocycles. The molecule has 7 nitrogen and oxygen atoms in total. The number of amides is 1. The second-order valence-corrected chi connectivity index (χ2v) is 9.23. The minimum atomic E-state index is -4.21. The van der Waals surface area contributed by atoms with Crippen molar-refractivity contribution in [1.82, 2.24) is 5.32 Å². The predicted octanol–water partition coefficient (Wildman–Crippen LogP) is 3.93. The molecule has 1 N–H and O–H groups in total. The molecular formula is C22H24ClFN2O5S. The van der Waals surface area contributed by atoms with Gasteiger partial charge >= 0.3 is 5.97 Å². The quantitative estimate of drug-likeness (QED) is 0.409. The zero-order valence-electron chi connectivity index (χ0n) is 17.7. The maximum atomic E-state index is 13.3. The van der Waals surface area contributed by atoms with Crippen molar-refractivity contribution in [2.75, 3.05) is 17.4 Å². The average Bonchev–Trinajstić information content (AvgIpc) is 2.72. The first-order valence-corrected chi connectivity index (χ1v) is 11.5. The Labute approximate surface area is 191 Å². The van der Waals surface area contributed by atoms with E-state index in [0.717, 1.165) is 22.5 Å². The number of anilines is 1. The van der Waals surface area contributed by atoms with Gasteiger partial charge in [0.2, 0.25) is 0 Å². The van der Waals surface area contributed by atoms with Crippen molar-refractivity contribution in [3.05, 3.63) is 71.5 Å². The van der Waals surface area contributed by atoms with E-state index in [1.54, 1.807) is 13.8 Å². The molecule has 0 saturated heterocycles. The summed E-state index contributed by atoms with van der Waals surface area (Å²) in [6.07, 6.45) is 1.09. The maximum absolute atomic E-state index is 13.3. The van der Waals surface area contributed by atoms with E-state index in [2.05, 4.69) is 11.9 Å². The number of nitrogens with one attached hydrogen (secondary N) is 1. The topological polar surface area (TPSA) is 92.8 Å². The Morgan fingerprint density at radius 2 is 1.88 bits per heavy atom. The molecule has 0 aliphatic heterocycles. The van der Waals surface area contributed by atoms with E-state index >= 15 is 0 Å². The Balaban J connectivity index is 2.27. The number of halogens is 2. The van der Waals surface area contributed by atoms with Gasteiger partial charge in [-0.25, -0.2) is 12.8 Å². The van der Waals surface area contributed by atoms with E-state index in [4.69, 9.17) is 16.3 Å². The van der Waals surface area contributed by atoms with E-state index in [9.17, 15) is 22.4 Å². The zero-order valence-corrected chi connectivity index (χ0v) is 19.2. The van der Waals surface area contributed by atoms with Gasteiger partial charge < -0.3 is 10.1 Å². The van der Waals surface area contributed by atoms with Crippen molar-refractivity contribution in [3.8, 4) is 0 Å². The first-order valence-electron chi connectivity index (χ1n) is 9.72. The first-order chi connectivity index (χ1) is 15.1. The molecule has 2 aromatic rings. The summed E-state index contributed by atoms with van der Waals surface area (Å²) >= 11 is 6.15. The van der Waals surface area contributed by atoms with Crippen LogP contribution in [0.2, 0.25) is 5.02 Å². The summed E-state index contributed by atoms with van der Waals surface area (Å²) < 4.78 is 45.9. The monoisotopic (exact) mass is 482 g/mol. The van der Waals surface area contributed by atoms with Gasteiger partial charge in [0.1, 0.15) is 10.7 Å². The van der Waals surface area contributed by atoms with Gasteiger partial charge in [-0.3, -0.25) is 13.9 Å². The molecule has 0 fully saturated rings. The molecule has 0 bridgehead atoms. The second kappa shape index (κ2) is 11.1. The van der Waals surface area contributed by atoms with Crippen molar-refractivity contribution < 1.29 is 27.1 Å². The van der Waals surface area contributed by atoms with Crippen LogP contribution in [0.1, 0.15) is 30.6 Å². The molecule has 2 rings (SSSR count). The van der Waals surface area contributed by atoms with Crippen molar-refractivity contribution in [2.45, 2.75) is 31.3 Å². The molecule has 32 heavy (non-hydrogen) atoms. The van der Waals surface area contributed by atoms with Crippen LogP contribution in [0, 0.1) is 5.82 Å². The number of ether oxygens (including phenoxy) is 1. The van der Waals surface area contributed by atoms with Crippen LogP contribution in [0.4, 0.5) is 10.1 Å². The van der Waals surface area contributed by atoms with Gasteiger partial charge in [-0.05, 0) is 56.3 Å². The van der Waals surface area contributed by atoms with E-state index in [-0.39, 0.29) is 46.8 Å². The Hall–Kier alpha value is -2.91. The Morgan fingerprint density at radius 3 is 2.47 bits per heavy atom. The molecule has 1 amide bonds.